The molecule has 2 saturated heterocycles. The second-order valence-electron chi connectivity index (χ2n) is 6.43. The first-order chi connectivity index (χ1) is 15.0. The van der Waals surface area contributed by atoms with Gasteiger partial charge in [0.2, 0.25) is 5.91 Å². The Balaban J connectivity index is 0.000000554. The predicted molar refractivity (Wildman–Crippen MR) is 112 cm³/mol. The number of hydrogen-bond acceptors (Lipinski definition) is 7. The Morgan fingerprint density at radius 1 is 1.22 bits per heavy atom. The van der Waals surface area contributed by atoms with Crippen molar-refractivity contribution in [3.63, 3.8) is 0 Å². The molecule has 178 valence electrons. The van der Waals surface area contributed by atoms with Crippen LogP contribution in [0, 0.1) is 5.82 Å². The molecule has 0 spiro atoms. The number of anilines is 2. The summed E-state index contributed by atoms with van der Waals surface area (Å²) in [7, 11) is -5.74. The lowest BCUT2D eigenvalue weighted by Crippen LogP contribution is -2.43. The van der Waals surface area contributed by atoms with E-state index in [2.05, 4.69) is 10.6 Å². The third kappa shape index (κ3) is 10.3. The lowest BCUT2D eigenvalue weighted by molar-refractivity contribution is -0.119. The second-order valence-corrected chi connectivity index (χ2v) is 7.44. The zero-order chi connectivity index (χ0) is 24.3. The van der Waals surface area contributed by atoms with E-state index in [1.54, 1.807) is 12.1 Å². The number of carbonyl (C=O) groups is 2. The minimum absolute atomic E-state index is 0.184. The Kier molecular flexibility index (Phi) is 12.1. The number of cyclic esters (lactones) is 1. The zero-order valence-corrected chi connectivity index (χ0v) is 18.8. The lowest BCUT2D eigenvalue weighted by Gasteiger charge is -2.30. The Morgan fingerprint density at radius 2 is 1.78 bits per heavy atom. The Labute approximate surface area is 184 Å². The highest BCUT2D eigenvalue weighted by Gasteiger charge is 2.32. The van der Waals surface area contributed by atoms with E-state index in [1.807, 2.05) is 4.90 Å². The number of rotatable bonds is 4. The summed E-state index contributed by atoms with van der Waals surface area (Å²) in [4.78, 5) is 54.8. The highest BCUT2D eigenvalue weighted by molar-refractivity contribution is 7.31. The molecule has 0 bridgehead atoms. The average Bonchev–Trinajstić information content (AvgIpc) is 3.07. The first-order valence-electron chi connectivity index (χ1n) is 9.19. The summed E-state index contributed by atoms with van der Waals surface area (Å²) >= 11 is 0. The molecular weight excluding hydrogens is 473 g/mol. The van der Waals surface area contributed by atoms with Crippen molar-refractivity contribution in [2.45, 2.75) is 13.0 Å². The third-order valence-electron chi connectivity index (χ3n) is 4.15. The van der Waals surface area contributed by atoms with Crippen molar-refractivity contribution < 1.29 is 47.4 Å². The van der Waals surface area contributed by atoms with E-state index >= 15 is 0 Å². The summed E-state index contributed by atoms with van der Waals surface area (Å²) in [6.45, 7) is 5.08. The van der Waals surface area contributed by atoms with E-state index in [0.717, 1.165) is 26.2 Å². The minimum Gasteiger partial charge on any atom is -0.442 e. The lowest BCUT2D eigenvalue weighted by atomic mass is 10.2. The van der Waals surface area contributed by atoms with Crippen LogP contribution in [0.15, 0.2) is 18.2 Å². The van der Waals surface area contributed by atoms with Crippen LogP contribution in [0.5, 0.6) is 0 Å². The molecule has 1 atom stereocenters. The molecule has 16 heteroatoms. The molecule has 3 rings (SSSR count). The van der Waals surface area contributed by atoms with E-state index in [1.165, 1.54) is 17.9 Å². The molecule has 0 aliphatic carbocycles. The quantitative estimate of drug-likeness (QED) is 0.306. The van der Waals surface area contributed by atoms with Crippen LogP contribution in [0.4, 0.5) is 20.6 Å². The van der Waals surface area contributed by atoms with Gasteiger partial charge in [-0.3, -0.25) is 9.69 Å². The van der Waals surface area contributed by atoms with Crippen LogP contribution in [0.1, 0.15) is 6.92 Å². The van der Waals surface area contributed by atoms with Crippen molar-refractivity contribution in [3.05, 3.63) is 24.0 Å². The monoisotopic (exact) mass is 498 g/mol. The molecule has 2 fully saturated rings. The van der Waals surface area contributed by atoms with Crippen molar-refractivity contribution in [3.8, 4) is 0 Å². The van der Waals surface area contributed by atoms with Gasteiger partial charge in [-0.2, -0.15) is 0 Å². The van der Waals surface area contributed by atoms with Gasteiger partial charge in [0.15, 0.2) is 0 Å². The van der Waals surface area contributed by atoms with Gasteiger partial charge in [0.1, 0.15) is 11.9 Å². The van der Waals surface area contributed by atoms with Gasteiger partial charge < -0.3 is 20.3 Å². The first kappa shape index (κ1) is 27.7. The van der Waals surface area contributed by atoms with E-state index in [9.17, 15) is 14.0 Å². The first-order valence-corrected chi connectivity index (χ1v) is 11.5. The number of nitrogens with zero attached hydrogens (tertiary/aromatic N) is 2. The molecule has 6 N–H and O–H groups in total. The van der Waals surface area contributed by atoms with Gasteiger partial charge in [-0.05, 0) is 18.2 Å². The molecule has 13 nitrogen and oxygen atoms in total. The normalized spacial score (nSPS) is 17.3. The molecule has 2 aliphatic rings. The smallest absolute Gasteiger partial charge is 0.442 e. The van der Waals surface area contributed by atoms with Gasteiger partial charge in [-0.15, -0.1) is 19.6 Å². The summed E-state index contributed by atoms with van der Waals surface area (Å²) in [5.74, 6) is -0.538. The van der Waals surface area contributed by atoms with Crippen molar-refractivity contribution in [2.75, 3.05) is 49.1 Å². The maximum Gasteiger partial charge on any atom is 0.692 e. The van der Waals surface area contributed by atoms with Gasteiger partial charge in [0.25, 0.3) is 0 Å². The van der Waals surface area contributed by atoms with Gasteiger partial charge in [0, 0.05) is 42.2 Å². The topological polar surface area (TPSA) is 189 Å². The van der Waals surface area contributed by atoms with Gasteiger partial charge in [0.05, 0.1) is 24.5 Å². The standard InChI is InChI=1S/C16H21FN4O3.2HO3P/c1-11(22)19-9-13-10-21(16(23)24-13)12-2-3-15(14(17)8-12)20-6-4-18-5-7-20;2*1-4(2)3/h2-3,8,13,18H,4-7,9-10H2,1H3,(H,19,22);2*(H-,1,2,3)/p+2/t13-;;/m0../s1. The van der Waals surface area contributed by atoms with Crippen LogP contribution < -0.4 is 20.4 Å². The fraction of sp³-hybridized carbons (Fsp3) is 0.500. The molecule has 0 saturated carbocycles. The Morgan fingerprint density at radius 3 is 2.28 bits per heavy atom. The number of hydrogen-bond donors (Lipinski definition) is 6. The highest BCUT2D eigenvalue weighted by atomic mass is 31.1. The average molecular weight is 498 g/mol. The van der Waals surface area contributed by atoms with Crippen molar-refractivity contribution in [2.24, 2.45) is 0 Å². The molecular formula is C16H25FN4O9P2+2. The van der Waals surface area contributed by atoms with Crippen LogP contribution in [-0.2, 0) is 18.7 Å². The van der Waals surface area contributed by atoms with Crippen molar-refractivity contribution >= 4 is 39.9 Å². The summed E-state index contributed by atoms with van der Waals surface area (Å²) in [5, 5.41) is 5.84. The van der Waals surface area contributed by atoms with Gasteiger partial charge >= 0.3 is 22.6 Å². The van der Waals surface area contributed by atoms with Crippen molar-refractivity contribution in [1.82, 2.24) is 10.6 Å². The van der Waals surface area contributed by atoms with Crippen LogP contribution >= 0.6 is 16.5 Å². The van der Waals surface area contributed by atoms with E-state index < -0.39 is 28.7 Å². The third-order valence-corrected chi connectivity index (χ3v) is 4.15. The van der Waals surface area contributed by atoms with Crippen LogP contribution in [-0.4, -0.2) is 76.9 Å². The summed E-state index contributed by atoms with van der Waals surface area (Å²) in [5.41, 5.74) is 1.00. The Bertz CT molecular complexity index is 807. The zero-order valence-electron chi connectivity index (χ0n) is 17.0. The number of halogens is 1. The van der Waals surface area contributed by atoms with E-state index in [0.29, 0.717) is 11.4 Å². The molecule has 0 radical (unpaired) electrons. The predicted octanol–water partition coefficient (Wildman–Crippen LogP) is -0.0466. The molecule has 2 heterocycles. The second kappa shape index (κ2) is 14.0. The van der Waals surface area contributed by atoms with Crippen molar-refractivity contribution in [1.29, 1.82) is 0 Å². The SMILES string of the molecule is CC(=O)NC[C@H]1CN(c2ccc(N3CCNCC3)c(F)c2)C(=O)O1.O=[P+](O)O.O=[P+](O)O. The van der Waals surface area contributed by atoms with Crippen LogP contribution in [0.3, 0.4) is 0 Å². The summed E-state index contributed by atoms with van der Waals surface area (Å²) in [6.07, 6.45) is -0.961. The Hall–Kier alpha value is -2.31. The molecule has 0 unspecified atom stereocenters. The fourth-order valence-corrected chi connectivity index (χ4v) is 2.92. The molecule has 1 aromatic rings. The van der Waals surface area contributed by atoms with Crippen LogP contribution in [0.25, 0.3) is 0 Å². The van der Waals surface area contributed by atoms with Crippen LogP contribution in [0.2, 0.25) is 0 Å². The largest absolute Gasteiger partial charge is 0.692 e. The summed E-state index contributed by atoms with van der Waals surface area (Å²) < 4.78 is 37.1. The molecule has 2 amide bonds. The van der Waals surface area contributed by atoms with E-state index in [-0.39, 0.29) is 24.8 Å². The maximum absolute atomic E-state index is 14.5. The maximum atomic E-state index is 14.5. The molecule has 1 aromatic carbocycles. The molecule has 32 heavy (non-hydrogen) atoms. The number of carbonyl (C=O) groups excluding carboxylic acids is 2. The van der Waals surface area contributed by atoms with Gasteiger partial charge in [-0.25, -0.2) is 9.18 Å². The fourth-order valence-electron chi connectivity index (χ4n) is 2.92. The number of ether oxygens (including phenoxy) is 1. The summed E-state index contributed by atoms with van der Waals surface area (Å²) in [6, 6.07) is 4.78. The van der Waals surface area contributed by atoms with Gasteiger partial charge in [-0.1, -0.05) is 0 Å². The number of piperazine rings is 1. The number of benzene rings is 1. The number of amides is 2. The number of nitrogens with one attached hydrogen (secondary N) is 2. The van der Waals surface area contributed by atoms with E-state index in [4.69, 9.17) is 33.4 Å². The molecule has 2 aliphatic heterocycles. The molecule has 0 aromatic heterocycles. The highest BCUT2D eigenvalue weighted by Crippen LogP contribution is 2.28. The minimum atomic E-state index is -2.87.